The van der Waals surface area contributed by atoms with Crippen LogP contribution in [0.3, 0.4) is 0 Å². The molecule has 0 aliphatic carbocycles. The Balaban J connectivity index is 1.68. The molecular formula is C15H27N3O3. The Bertz CT molecular complexity index is 354. The van der Waals surface area contributed by atoms with E-state index in [-0.39, 0.29) is 24.0 Å². The largest absolute Gasteiger partial charge is 0.375 e. The standard InChI is InChI=1S/C15H27N3O3/c1-12-14(16-8-11-21-12)15(20)17-7-6-13(19)18-9-4-2-3-5-10-18/h12,14,16H,2-11H2,1H3,(H,17,20)/t12-,14+/m1/s1. The van der Waals surface area contributed by atoms with E-state index in [2.05, 4.69) is 10.6 Å². The van der Waals surface area contributed by atoms with Crippen LogP contribution in [0.2, 0.25) is 0 Å². The van der Waals surface area contributed by atoms with Gasteiger partial charge in [-0.1, -0.05) is 12.8 Å². The minimum absolute atomic E-state index is 0.0779. The average Bonchev–Trinajstić information content (AvgIpc) is 2.76. The highest BCUT2D eigenvalue weighted by Gasteiger charge is 2.28. The normalized spacial score (nSPS) is 27.0. The fourth-order valence-corrected chi connectivity index (χ4v) is 2.91. The summed E-state index contributed by atoms with van der Waals surface area (Å²) in [6, 6.07) is -0.313. The molecule has 21 heavy (non-hydrogen) atoms. The van der Waals surface area contributed by atoms with Crippen molar-refractivity contribution in [3.63, 3.8) is 0 Å². The van der Waals surface area contributed by atoms with E-state index < -0.39 is 0 Å². The second kappa shape index (κ2) is 8.34. The lowest BCUT2D eigenvalue weighted by Gasteiger charge is -2.29. The molecule has 0 aromatic carbocycles. The third-order valence-corrected chi connectivity index (χ3v) is 4.20. The number of hydrogen-bond acceptors (Lipinski definition) is 4. The van der Waals surface area contributed by atoms with Crippen LogP contribution in [-0.2, 0) is 14.3 Å². The number of nitrogens with one attached hydrogen (secondary N) is 2. The fourth-order valence-electron chi connectivity index (χ4n) is 2.91. The molecular weight excluding hydrogens is 270 g/mol. The Kier molecular flexibility index (Phi) is 6.45. The average molecular weight is 297 g/mol. The molecule has 0 aromatic heterocycles. The van der Waals surface area contributed by atoms with E-state index in [9.17, 15) is 9.59 Å². The van der Waals surface area contributed by atoms with Crippen molar-refractivity contribution in [3.05, 3.63) is 0 Å². The van der Waals surface area contributed by atoms with Crippen molar-refractivity contribution in [2.75, 3.05) is 32.8 Å². The van der Waals surface area contributed by atoms with Gasteiger partial charge in [-0.25, -0.2) is 0 Å². The molecule has 2 saturated heterocycles. The first-order valence-corrected chi connectivity index (χ1v) is 8.09. The molecule has 0 radical (unpaired) electrons. The quantitative estimate of drug-likeness (QED) is 0.781. The minimum atomic E-state index is -0.313. The molecule has 2 rings (SSSR count). The van der Waals surface area contributed by atoms with Crippen molar-refractivity contribution in [2.24, 2.45) is 0 Å². The van der Waals surface area contributed by atoms with Crippen molar-refractivity contribution in [2.45, 2.75) is 51.2 Å². The highest BCUT2D eigenvalue weighted by Crippen LogP contribution is 2.10. The lowest BCUT2D eigenvalue weighted by molar-refractivity contribution is -0.131. The first-order chi connectivity index (χ1) is 10.2. The van der Waals surface area contributed by atoms with Crippen molar-refractivity contribution in [3.8, 4) is 0 Å². The first-order valence-electron chi connectivity index (χ1n) is 8.09. The molecule has 2 N–H and O–H groups in total. The summed E-state index contributed by atoms with van der Waals surface area (Å²) in [6.45, 7) is 5.34. The zero-order valence-corrected chi connectivity index (χ0v) is 12.9. The topological polar surface area (TPSA) is 70.7 Å². The van der Waals surface area contributed by atoms with Crippen molar-refractivity contribution >= 4 is 11.8 Å². The zero-order chi connectivity index (χ0) is 15.1. The molecule has 0 aromatic rings. The van der Waals surface area contributed by atoms with Crippen LogP contribution in [-0.4, -0.2) is 61.6 Å². The number of likely N-dealkylation sites (tertiary alicyclic amines) is 1. The number of carbonyl (C=O) groups excluding carboxylic acids is 2. The van der Waals surface area contributed by atoms with Crippen LogP contribution in [0, 0.1) is 0 Å². The van der Waals surface area contributed by atoms with Crippen LogP contribution in [0.1, 0.15) is 39.0 Å². The molecule has 0 bridgehead atoms. The molecule has 0 spiro atoms. The summed E-state index contributed by atoms with van der Waals surface area (Å²) < 4.78 is 5.45. The maximum absolute atomic E-state index is 12.1. The van der Waals surface area contributed by atoms with Gasteiger partial charge in [0.15, 0.2) is 0 Å². The number of nitrogens with zero attached hydrogens (tertiary/aromatic N) is 1. The summed E-state index contributed by atoms with van der Waals surface area (Å²) in [5, 5.41) is 5.99. The van der Waals surface area contributed by atoms with Crippen LogP contribution in [0.4, 0.5) is 0 Å². The van der Waals surface area contributed by atoms with E-state index in [0.717, 1.165) is 25.9 Å². The molecule has 0 unspecified atom stereocenters. The van der Waals surface area contributed by atoms with Gasteiger partial charge >= 0.3 is 0 Å². The van der Waals surface area contributed by atoms with Gasteiger partial charge < -0.3 is 20.3 Å². The molecule has 6 heteroatoms. The number of amides is 2. The number of ether oxygens (including phenoxy) is 1. The van der Waals surface area contributed by atoms with Crippen molar-refractivity contribution in [1.82, 2.24) is 15.5 Å². The molecule has 2 amide bonds. The summed E-state index contributed by atoms with van der Waals surface area (Å²) in [5.41, 5.74) is 0. The van der Waals surface area contributed by atoms with E-state index in [1.807, 2.05) is 11.8 Å². The van der Waals surface area contributed by atoms with E-state index in [1.165, 1.54) is 12.8 Å². The number of rotatable bonds is 4. The van der Waals surface area contributed by atoms with Crippen LogP contribution in [0.5, 0.6) is 0 Å². The van der Waals surface area contributed by atoms with Gasteiger partial charge in [0.1, 0.15) is 6.04 Å². The molecule has 2 aliphatic heterocycles. The molecule has 0 saturated carbocycles. The zero-order valence-electron chi connectivity index (χ0n) is 12.9. The van der Waals surface area contributed by atoms with E-state index in [4.69, 9.17) is 4.74 Å². The molecule has 2 aliphatic rings. The lowest BCUT2D eigenvalue weighted by Crippen LogP contribution is -2.55. The van der Waals surface area contributed by atoms with Gasteiger partial charge in [0.2, 0.25) is 11.8 Å². The summed E-state index contributed by atoms with van der Waals surface area (Å²) in [4.78, 5) is 26.1. The van der Waals surface area contributed by atoms with Crippen molar-refractivity contribution in [1.29, 1.82) is 0 Å². The Morgan fingerprint density at radius 2 is 1.95 bits per heavy atom. The molecule has 6 nitrogen and oxygen atoms in total. The maximum Gasteiger partial charge on any atom is 0.239 e. The summed E-state index contributed by atoms with van der Waals surface area (Å²) in [7, 11) is 0. The van der Waals surface area contributed by atoms with Gasteiger partial charge in [0.25, 0.3) is 0 Å². The lowest BCUT2D eigenvalue weighted by atomic mass is 10.1. The Morgan fingerprint density at radius 1 is 1.24 bits per heavy atom. The highest BCUT2D eigenvalue weighted by atomic mass is 16.5. The van der Waals surface area contributed by atoms with Gasteiger partial charge in [-0.3, -0.25) is 9.59 Å². The SMILES string of the molecule is C[C@H]1OCCN[C@@H]1C(=O)NCCC(=O)N1CCCCCC1. The van der Waals surface area contributed by atoms with Crippen LogP contribution >= 0.6 is 0 Å². The number of carbonyl (C=O) groups is 2. The first kappa shape index (κ1) is 16.2. The fraction of sp³-hybridized carbons (Fsp3) is 0.867. The summed E-state index contributed by atoms with van der Waals surface area (Å²) in [6.07, 6.45) is 4.88. The third kappa shape index (κ3) is 4.97. The van der Waals surface area contributed by atoms with E-state index >= 15 is 0 Å². The maximum atomic E-state index is 12.1. The van der Waals surface area contributed by atoms with Gasteiger partial charge in [-0.15, -0.1) is 0 Å². The minimum Gasteiger partial charge on any atom is -0.375 e. The highest BCUT2D eigenvalue weighted by molar-refractivity contribution is 5.83. The molecule has 120 valence electrons. The second-order valence-corrected chi connectivity index (χ2v) is 5.84. The predicted molar refractivity (Wildman–Crippen MR) is 79.9 cm³/mol. The van der Waals surface area contributed by atoms with Gasteiger partial charge in [-0.05, 0) is 19.8 Å². The Morgan fingerprint density at radius 3 is 2.62 bits per heavy atom. The Hall–Kier alpha value is -1.14. The monoisotopic (exact) mass is 297 g/mol. The smallest absolute Gasteiger partial charge is 0.239 e. The Labute approximate surface area is 126 Å². The van der Waals surface area contributed by atoms with Crippen LogP contribution in [0.25, 0.3) is 0 Å². The van der Waals surface area contributed by atoms with Crippen LogP contribution in [0.15, 0.2) is 0 Å². The molecule has 2 heterocycles. The number of hydrogen-bond donors (Lipinski definition) is 2. The summed E-state index contributed by atoms with van der Waals surface area (Å²) >= 11 is 0. The molecule has 2 fully saturated rings. The molecule has 2 atom stereocenters. The number of morpholine rings is 1. The van der Waals surface area contributed by atoms with E-state index in [0.29, 0.717) is 26.1 Å². The third-order valence-electron chi connectivity index (χ3n) is 4.20. The van der Waals surface area contributed by atoms with Crippen molar-refractivity contribution < 1.29 is 14.3 Å². The van der Waals surface area contributed by atoms with E-state index in [1.54, 1.807) is 0 Å². The van der Waals surface area contributed by atoms with Gasteiger partial charge in [0.05, 0.1) is 12.7 Å². The predicted octanol–water partition coefficient (Wildman–Crippen LogP) is 0.272. The van der Waals surface area contributed by atoms with Gasteiger partial charge in [-0.2, -0.15) is 0 Å². The van der Waals surface area contributed by atoms with Gasteiger partial charge in [0, 0.05) is 32.6 Å². The second-order valence-electron chi connectivity index (χ2n) is 5.84. The summed E-state index contributed by atoms with van der Waals surface area (Å²) in [5.74, 6) is 0.0731. The van der Waals surface area contributed by atoms with Crippen LogP contribution < -0.4 is 10.6 Å².